The Morgan fingerprint density at radius 2 is 2.04 bits per heavy atom. The molecule has 0 radical (unpaired) electrons. The molecule has 124 valence electrons. The summed E-state index contributed by atoms with van der Waals surface area (Å²) in [5.41, 5.74) is 1.08. The third-order valence-corrected chi connectivity index (χ3v) is 4.08. The van der Waals surface area contributed by atoms with Gasteiger partial charge in [0.1, 0.15) is 12.4 Å². The van der Waals surface area contributed by atoms with Crippen LogP contribution in [0.3, 0.4) is 0 Å². The van der Waals surface area contributed by atoms with Crippen LogP contribution in [0, 0.1) is 0 Å². The molecule has 0 unspecified atom stereocenters. The molecule has 5 nitrogen and oxygen atoms in total. The largest absolute Gasteiger partial charge is 0.489 e. The third kappa shape index (κ3) is 3.21. The van der Waals surface area contributed by atoms with E-state index in [0.717, 1.165) is 0 Å². The van der Waals surface area contributed by atoms with Crippen molar-refractivity contribution in [2.24, 2.45) is 0 Å². The summed E-state index contributed by atoms with van der Waals surface area (Å²) >= 11 is 6.00. The molecule has 1 heterocycles. The SMILES string of the molecule is COC(=O)C[C@H]1COc2ccccc2N1C(=O)c1cccc(Cl)c1. The molecule has 0 aliphatic carbocycles. The number of benzene rings is 2. The normalized spacial score (nSPS) is 16.1. The van der Waals surface area contributed by atoms with Gasteiger partial charge in [0.15, 0.2) is 0 Å². The van der Waals surface area contributed by atoms with E-state index in [-0.39, 0.29) is 18.9 Å². The molecule has 3 rings (SSSR count). The number of hydrogen-bond donors (Lipinski definition) is 0. The summed E-state index contributed by atoms with van der Waals surface area (Å²) in [5, 5.41) is 0.479. The molecule has 1 aliphatic heterocycles. The number of carbonyl (C=O) groups is 2. The van der Waals surface area contributed by atoms with Crippen LogP contribution < -0.4 is 9.64 Å². The van der Waals surface area contributed by atoms with Gasteiger partial charge in [-0.15, -0.1) is 0 Å². The Balaban J connectivity index is 2.00. The van der Waals surface area contributed by atoms with Gasteiger partial charge in [-0.05, 0) is 30.3 Å². The Labute approximate surface area is 144 Å². The number of hydrogen-bond acceptors (Lipinski definition) is 4. The number of amides is 1. The molecular weight excluding hydrogens is 330 g/mol. The highest BCUT2D eigenvalue weighted by Gasteiger charge is 2.34. The average Bonchev–Trinajstić information content (AvgIpc) is 2.61. The molecular formula is C18H16ClNO4. The maximum absolute atomic E-state index is 13.1. The van der Waals surface area contributed by atoms with Crippen molar-refractivity contribution in [3.05, 3.63) is 59.1 Å². The molecule has 2 aromatic rings. The molecule has 1 amide bonds. The van der Waals surface area contributed by atoms with Crippen molar-refractivity contribution >= 4 is 29.2 Å². The number of methoxy groups -OCH3 is 1. The second-order valence-corrected chi connectivity index (χ2v) is 5.83. The van der Waals surface area contributed by atoms with Crippen molar-refractivity contribution in [3.63, 3.8) is 0 Å². The fourth-order valence-corrected chi connectivity index (χ4v) is 2.89. The number of nitrogens with zero attached hydrogens (tertiary/aromatic N) is 1. The molecule has 1 aliphatic rings. The van der Waals surface area contributed by atoms with Crippen LogP contribution in [-0.2, 0) is 9.53 Å². The summed E-state index contributed by atoms with van der Waals surface area (Å²) in [7, 11) is 1.32. The molecule has 0 bridgehead atoms. The van der Waals surface area contributed by atoms with Crippen molar-refractivity contribution in [2.45, 2.75) is 12.5 Å². The van der Waals surface area contributed by atoms with Crippen molar-refractivity contribution < 1.29 is 19.1 Å². The maximum atomic E-state index is 13.1. The van der Waals surface area contributed by atoms with E-state index in [4.69, 9.17) is 21.1 Å². The smallest absolute Gasteiger partial charge is 0.307 e. The van der Waals surface area contributed by atoms with E-state index in [1.165, 1.54) is 7.11 Å². The standard InChI is InChI=1S/C18H16ClNO4/c1-23-17(21)10-14-11-24-16-8-3-2-7-15(16)20(14)18(22)12-5-4-6-13(19)9-12/h2-9,14H,10-11H2,1H3/t14-/m0/s1. The molecule has 6 heteroatoms. The Morgan fingerprint density at radius 1 is 1.25 bits per heavy atom. The first-order chi connectivity index (χ1) is 11.6. The lowest BCUT2D eigenvalue weighted by Crippen LogP contribution is -2.48. The van der Waals surface area contributed by atoms with Crippen LogP contribution in [0.25, 0.3) is 0 Å². The predicted molar refractivity (Wildman–Crippen MR) is 90.6 cm³/mol. The number of esters is 1. The number of halogens is 1. The molecule has 0 fully saturated rings. The Kier molecular flexibility index (Phi) is 4.71. The summed E-state index contributed by atoms with van der Waals surface area (Å²) in [6, 6.07) is 13.5. The topological polar surface area (TPSA) is 55.8 Å². The monoisotopic (exact) mass is 345 g/mol. The quantitative estimate of drug-likeness (QED) is 0.801. The summed E-state index contributed by atoms with van der Waals surface area (Å²) in [4.78, 5) is 26.4. The van der Waals surface area contributed by atoms with Crippen molar-refractivity contribution in [1.82, 2.24) is 0 Å². The van der Waals surface area contributed by atoms with Gasteiger partial charge in [0.2, 0.25) is 0 Å². The number of para-hydroxylation sites is 2. The van der Waals surface area contributed by atoms with Crippen LogP contribution in [0.1, 0.15) is 16.8 Å². The minimum absolute atomic E-state index is 0.0527. The molecule has 2 aromatic carbocycles. The van der Waals surface area contributed by atoms with Gasteiger partial charge in [-0.1, -0.05) is 29.8 Å². The van der Waals surface area contributed by atoms with Crippen LogP contribution in [-0.4, -0.2) is 31.6 Å². The van der Waals surface area contributed by atoms with Crippen LogP contribution in [0.5, 0.6) is 5.75 Å². The number of fused-ring (bicyclic) bond motifs is 1. The van der Waals surface area contributed by atoms with Crippen LogP contribution in [0.2, 0.25) is 5.02 Å². The van der Waals surface area contributed by atoms with Crippen LogP contribution >= 0.6 is 11.6 Å². The second-order valence-electron chi connectivity index (χ2n) is 5.40. The predicted octanol–water partition coefficient (Wildman–Crippen LogP) is 3.31. The Bertz CT molecular complexity index is 777. The van der Waals surface area contributed by atoms with Gasteiger partial charge >= 0.3 is 5.97 Å². The highest BCUT2D eigenvalue weighted by atomic mass is 35.5. The van der Waals surface area contributed by atoms with Gasteiger partial charge in [0, 0.05) is 10.6 Å². The highest BCUT2D eigenvalue weighted by molar-refractivity contribution is 6.31. The Morgan fingerprint density at radius 3 is 2.79 bits per heavy atom. The van der Waals surface area contributed by atoms with E-state index in [1.807, 2.05) is 12.1 Å². The number of rotatable bonds is 3. The minimum Gasteiger partial charge on any atom is -0.489 e. The number of ether oxygens (including phenoxy) is 2. The first kappa shape index (κ1) is 16.3. The highest BCUT2D eigenvalue weighted by Crippen LogP contribution is 2.35. The molecule has 0 aromatic heterocycles. The number of anilines is 1. The van der Waals surface area contributed by atoms with Gasteiger partial charge in [-0.25, -0.2) is 0 Å². The molecule has 24 heavy (non-hydrogen) atoms. The fraction of sp³-hybridized carbons (Fsp3) is 0.222. The molecule has 0 spiro atoms. The second kappa shape index (κ2) is 6.93. The zero-order valence-electron chi connectivity index (χ0n) is 13.1. The maximum Gasteiger partial charge on any atom is 0.307 e. The summed E-state index contributed by atoms with van der Waals surface area (Å²) in [6.07, 6.45) is 0.0527. The molecule has 0 saturated heterocycles. The van der Waals surface area contributed by atoms with Gasteiger partial charge < -0.3 is 9.47 Å². The minimum atomic E-state index is -0.446. The molecule has 1 atom stereocenters. The molecule has 0 N–H and O–H groups in total. The lowest BCUT2D eigenvalue weighted by atomic mass is 10.1. The number of carbonyl (C=O) groups excluding carboxylic acids is 2. The van der Waals surface area contributed by atoms with E-state index >= 15 is 0 Å². The van der Waals surface area contributed by atoms with E-state index < -0.39 is 12.0 Å². The van der Waals surface area contributed by atoms with Crippen molar-refractivity contribution in [1.29, 1.82) is 0 Å². The van der Waals surface area contributed by atoms with Crippen LogP contribution in [0.15, 0.2) is 48.5 Å². The summed E-state index contributed by atoms with van der Waals surface area (Å²) in [6.45, 7) is 0.221. The fourth-order valence-electron chi connectivity index (χ4n) is 2.70. The van der Waals surface area contributed by atoms with Gasteiger partial charge in [0.25, 0.3) is 5.91 Å². The first-order valence-corrected chi connectivity index (χ1v) is 7.85. The van der Waals surface area contributed by atoms with Crippen molar-refractivity contribution in [2.75, 3.05) is 18.6 Å². The van der Waals surface area contributed by atoms with Gasteiger partial charge in [-0.3, -0.25) is 14.5 Å². The van der Waals surface area contributed by atoms with Crippen LogP contribution in [0.4, 0.5) is 5.69 Å². The summed E-state index contributed by atoms with van der Waals surface area (Å²) in [5.74, 6) is -0.0250. The van der Waals surface area contributed by atoms with E-state index in [1.54, 1.807) is 41.3 Å². The lowest BCUT2D eigenvalue weighted by Gasteiger charge is -2.36. The first-order valence-electron chi connectivity index (χ1n) is 7.48. The third-order valence-electron chi connectivity index (χ3n) is 3.84. The van der Waals surface area contributed by atoms with Gasteiger partial charge in [-0.2, -0.15) is 0 Å². The van der Waals surface area contributed by atoms with E-state index in [9.17, 15) is 9.59 Å². The van der Waals surface area contributed by atoms with Crippen molar-refractivity contribution in [3.8, 4) is 5.75 Å². The lowest BCUT2D eigenvalue weighted by molar-refractivity contribution is -0.141. The zero-order chi connectivity index (χ0) is 17.1. The zero-order valence-corrected chi connectivity index (χ0v) is 13.8. The van der Waals surface area contributed by atoms with Gasteiger partial charge in [0.05, 0.1) is 25.3 Å². The summed E-state index contributed by atoms with van der Waals surface area (Å²) < 4.78 is 10.4. The van der Waals surface area contributed by atoms with E-state index in [2.05, 4.69) is 0 Å². The molecule has 0 saturated carbocycles. The van der Waals surface area contributed by atoms with E-state index in [0.29, 0.717) is 22.0 Å². The average molecular weight is 346 g/mol. The Hall–Kier alpha value is -2.53.